The van der Waals surface area contributed by atoms with Crippen molar-refractivity contribution in [1.82, 2.24) is 4.98 Å². The molecule has 8 nitrogen and oxygen atoms in total. The highest BCUT2D eigenvalue weighted by molar-refractivity contribution is 6.03. The van der Waals surface area contributed by atoms with E-state index in [-0.39, 0.29) is 5.69 Å². The Balaban J connectivity index is 2.09. The minimum atomic E-state index is -1.09. The lowest BCUT2D eigenvalue weighted by Crippen LogP contribution is -2.19. The van der Waals surface area contributed by atoms with Crippen LogP contribution in [0.4, 0.5) is 16.2 Å². The van der Waals surface area contributed by atoms with Gasteiger partial charge in [0.2, 0.25) is 5.91 Å². The van der Waals surface area contributed by atoms with Crippen molar-refractivity contribution in [3.63, 3.8) is 0 Å². The number of carboxylic acids is 1. The fourth-order valence-corrected chi connectivity index (χ4v) is 2.24. The number of carbonyl (C=O) groups is 3. The molecule has 0 fully saturated rings. The lowest BCUT2D eigenvalue weighted by atomic mass is 10.1. The van der Waals surface area contributed by atoms with Gasteiger partial charge in [-0.05, 0) is 49.8 Å². The minimum absolute atomic E-state index is 0.0425. The molecule has 6 N–H and O–H groups in total. The molecule has 0 unspecified atom stereocenters. The number of rotatable bonds is 5. The normalized spacial score (nSPS) is 10.6. The molecule has 0 radical (unpaired) electrons. The van der Waals surface area contributed by atoms with E-state index in [1.165, 1.54) is 12.2 Å². The van der Waals surface area contributed by atoms with Gasteiger partial charge in [-0.2, -0.15) is 0 Å². The van der Waals surface area contributed by atoms with Gasteiger partial charge < -0.3 is 26.5 Å². The number of nitrogens with one attached hydrogen (secondary N) is 3. The van der Waals surface area contributed by atoms with Gasteiger partial charge in [0.15, 0.2) is 0 Å². The Hall–Kier alpha value is -3.55. The number of nitrogens with two attached hydrogens (primary N) is 1. The third kappa shape index (κ3) is 4.47. The second-order valence-corrected chi connectivity index (χ2v) is 5.36. The van der Waals surface area contributed by atoms with Crippen molar-refractivity contribution in [2.75, 3.05) is 10.6 Å². The van der Waals surface area contributed by atoms with Gasteiger partial charge in [0.25, 0.3) is 0 Å². The number of aromatic amines is 1. The van der Waals surface area contributed by atoms with Crippen molar-refractivity contribution in [3.05, 3.63) is 52.9 Å². The van der Waals surface area contributed by atoms with Crippen LogP contribution < -0.4 is 16.4 Å². The van der Waals surface area contributed by atoms with E-state index in [4.69, 9.17) is 5.73 Å². The van der Waals surface area contributed by atoms with Crippen molar-refractivity contribution in [3.8, 4) is 0 Å². The van der Waals surface area contributed by atoms with E-state index in [9.17, 15) is 19.5 Å². The monoisotopic (exact) mass is 342 g/mol. The quantitative estimate of drug-likeness (QED) is 0.533. The molecule has 130 valence electrons. The van der Waals surface area contributed by atoms with E-state index in [1.807, 2.05) is 0 Å². The number of urea groups is 1. The van der Waals surface area contributed by atoms with Gasteiger partial charge in [-0.25, -0.2) is 9.59 Å². The lowest BCUT2D eigenvalue weighted by Gasteiger charge is -2.05. The van der Waals surface area contributed by atoms with Crippen molar-refractivity contribution < 1.29 is 19.5 Å². The number of amides is 3. The number of primary amides is 1. The number of hydrogen-bond acceptors (Lipinski definition) is 3. The maximum absolute atomic E-state index is 12.0. The van der Waals surface area contributed by atoms with Gasteiger partial charge in [-0.3, -0.25) is 4.79 Å². The first-order chi connectivity index (χ1) is 11.8. The predicted molar refractivity (Wildman–Crippen MR) is 94.5 cm³/mol. The molecule has 1 aromatic carbocycles. The second kappa shape index (κ2) is 7.35. The fraction of sp³-hybridized carbons (Fsp3) is 0.118. The fourth-order valence-electron chi connectivity index (χ4n) is 2.24. The Morgan fingerprint density at radius 1 is 1.08 bits per heavy atom. The summed E-state index contributed by atoms with van der Waals surface area (Å²) in [5.41, 5.74) is 8.04. The van der Waals surface area contributed by atoms with Crippen LogP contribution in [0.5, 0.6) is 0 Å². The van der Waals surface area contributed by atoms with Gasteiger partial charge in [0.05, 0.1) is 0 Å². The predicted octanol–water partition coefficient (Wildman–Crippen LogP) is 2.47. The first-order valence-corrected chi connectivity index (χ1v) is 7.36. The van der Waals surface area contributed by atoms with E-state index in [2.05, 4.69) is 15.6 Å². The molecule has 2 rings (SSSR count). The highest BCUT2D eigenvalue weighted by Gasteiger charge is 2.15. The number of aromatic nitrogens is 1. The Labute approximate surface area is 143 Å². The van der Waals surface area contributed by atoms with Gasteiger partial charge in [0.1, 0.15) is 5.69 Å². The summed E-state index contributed by atoms with van der Waals surface area (Å²) in [5.74, 6) is -1.50. The maximum Gasteiger partial charge on any atom is 0.352 e. The smallest absolute Gasteiger partial charge is 0.352 e. The summed E-state index contributed by atoms with van der Waals surface area (Å²) < 4.78 is 0. The second-order valence-electron chi connectivity index (χ2n) is 5.36. The third-order valence-electron chi connectivity index (χ3n) is 3.58. The van der Waals surface area contributed by atoms with Crippen LogP contribution in [0.2, 0.25) is 0 Å². The van der Waals surface area contributed by atoms with E-state index in [0.29, 0.717) is 16.9 Å². The molecular formula is C17H18N4O4. The SMILES string of the molecule is Cc1[nH]c(C(=O)O)c(/C=C/C(=O)Nc2ccc(NC(N)=O)cc2)c1C. The zero-order chi connectivity index (χ0) is 18.6. The molecule has 0 saturated heterocycles. The third-order valence-corrected chi connectivity index (χ3v) is 3.58. The topological polar surface area (TPSA) is 137 Å². The highest BCUT2D eigenvalue weighted by Crippen LogP contribution is 2.20. The molecule has 0 spiro atoms. The molecule has 2 aromatic rings. The summed E-state index contributed by atoms with van der Waals surface area (Å²) in [6, 6.07) is 5.71. The summed E-state index contributed by atoms with van der Waals surface area (Å²) in [5, 5.41) is 14.2. The zero-order valence-corrected chi connectivity index (χ0v) is 13.7. The van der Waals surface area contributed by atoms with Crippen LogP contribution in [0.3, 0.4) is 0 Å². The molecule has 1 aromatic heterocycles. The molecule has 8 heteroatoms. The van der Waals surface area contributed by atoms with Crippen molar-refractivity contribution >= 4 is 35.4 Å². The van der Waals surface area contributed by atoms with Crippen LogP contribution in [0.1, 0.15) is 27.3 Å². The molecule has 25 heavy (non-hydrogen) atoms. The summed E-state index contributed by atoms with van der Waals surface area (Å²) in [7, 11) is 0. The molecular weight excluding hydrogens is 324 g/mol. The van der Waals surface area contributed by atoms with Gasteiger partial charge >= 0.3 is 12.0 Å². The van der Waals surface area contributed by atoms with Crippen LogP contribution in [0.15, 0.2) is 30.3 Å². The average molecular weight is 342 g/mol. The summed E-state index contributed by atoms with van der Waals surface area (Å²) in [6.45, 7) is 3.54. The Kier molecular flexibility index (Phi) is 5.23. The van der Waals surface area contributed by atoms with Crippen LogP contribution in [-0.2, 0) is 4.79 Å². The largest absolute Gasteiger partial charge is 0.477 e. The molecule has 0 bridgehead atoms. The van der Waals surface area contributed by atoms with Crippen LogP contribution >= 0.6 is 0 Å². The number of aromatic carboxylic acids is 1. The molecule has 0 atom stereocenters. The van der Waals surface area contributed by atoms with Gasteiger partial charge in [-0.15, -0.1) is 0 Å². The van der Waals surface area contributed by atoms with E-state index in [1.54, 1.807) is 38.1 Å². The standard InChI is InChI=1S/C17H18N4O4/c1-9-10(2)19-15(16(23)24)13(9)7-8-14(22)20-11-3-5-12(6-4-11)21-17(18)25/h3-8,19H,1-2H3,(H,20,22)(H,23,24)(H3,18,21,25)/b8-7+. The Bertz CT molecular complexity index is 850. The summed E-state index contributed by atoms with van der Waals surface area (Å²) >= 11 is 0. The van der Waals surface area contributed by atoms with E-state index < -0.39 is 17.9 Å². The molecule has 0 aliphatic carbocycles. The number of benzene rings is 1. The first-order valence-electron chi connectivity index (χ1n) is 7.36. The van der Waals surface area contributed by atoms with Crippen molar-refractivity contribution in [2.45, 2.75) is 13.8 Å². The zero-order valence-electron chi connectivity index (χ0n) is 13.7. The lowest BCUT2D eigenvalue weighted by molar-refractivity contribution is -0.111. The van der Waals surface area contributed by atoms with E-state index >= 15 is 0 Å². The molecule has 3 amide bonds. The number of anilines is 2. The average Bonchev–Trinajstić information content (AvgIpc) is 2.82. The van der Waals surface area contributed by atoms with Crippen LogP contribution in [-0.4, -0.2) is 28.0 Å². The number of carbonyl (C=O) groups excluding carboxylic acids is 2. The number of aryl methyl sites for hydroxylation is 1. The minimum Gasteiger partial charge on any atom is -0.477 e. The van der Waals surface area contributed by atoms with Gasteiger partial charge in [0, 0.05) is 28.7 Å². The number of carboxylic acid groups (broad SMARTS) is 1. The van der Waals surface area contributed by atoms with Crippen molar-refractivity contribution in [1.29, 1.82) is 0 Å². The molecule has 1 heterocycles. The van der Waals surface area contributed by atoms with Crippen molar-refractivity contribution in [2.24, 2.45) is 5.73 Å². The Morgan fingerprint density at radius 2 is 1.64 bits per heavy atom. The summed E-state index contributed by atoms with van der Waals surface area (Å²) in [6.07, 6.45) is 2.72. The van der Waals surface area contributed by atoms with E-state index in [0.717, 1.165) is 11.3 Å². The number of hydrogen-bond donors (Lipinski definition) is 5. The molecule has 0 aliphatic rings. The Morgan fingerprint density at radius 3 is 2.16 bits per heavy atom. The maximum atomic E-state index is 12.0. The van der Waals surface area contributed by atoms with Crippen LogP contribution in [0, 0.1) is 13.8 Å². The summed E-state index contributed by atoms with van der Waals surface area (Å²) in [4.78, 5) is 36.8. The number of H-pyrrole nitrogens is 1. The highest BCUT2D eigenvalue weighted by atomic mass is 16.4. The first kappa shape index (κ1) is 17.8. The molecule has 0 aliphatic heterocycles. The molecule has 0 saturated carbocycles. The van der Waals surface area contributed by atoms with Gasteiger partial charge in [-0.1, -0.05) is 0 Å². The van der Waals surface area contributed by atoms with Crippen LogP contribution in [0.25, 0.3) is 6.08 Å².